The van der Waals surface area contributed by atoms with Crippen LogP contribution in [-0.4, -0.2) is 17.8 Å². The monoisotopic (exact) mass is 309 g/mol. The van der Waals surface area contributed by atoms with Gasteiger partial charge in [0.25, 0.3) is 5.91 Å². The van der Waals surface area contributed by atoms with Crippen LogP contribution in [0.15, 0.2) is 34.7 Å². The predicted octanol–water partition coefficient (Wildman–Crippen LogP) is 3.73. The average Bonchev–Trinajstić information content (AvgIpc) is 2.82. The molecule has 0 atom stereocenters. The number of benzene rings is 1. The van der Waals surface area contributed by atoms with Gasteiger partial charge in [0.2, 0.25) is 0 Å². The Morgan fingerprint density at radius 3 is 2.83 bits per heavy atom. The molecule has 0 aliphatic heterocycles. The summed E-state index contributed by atoms with van der Waals surface area (Å²) in [5.41, 5.74) is 0.752. The summed E-state index contributed by atoms with van der Waals surface area (Å²) >= 11 is 3.38. The largest absolute Gasteiger partial charge is 0.451 e. The van der Waals surface area contributed by atoms with Gasteiger partial charge < -0.3 is 9.73 Å². The molecular weight excluding hydrogens is 294 g/mol. The van der Waals surface area contributed by atoms with Crippen molar-refractivity contribution in [3.8, 4) is 0 Å². The van der Waals surface area contributed by atoms with E-state index in [4.69, 9.17) is 4.42 Å². The third-order valence-corrected chi connectivity index (χ3v) is 3.31. The number of hydrogen-bond donors (Lipinski definition) is 1. The fraction of sp³-hybridized carbons (Fsp3) is 0.357. The Bertz CT molecular complexity index is 488. The number of carbonyl (C=O) groups excluding carboxylic acids is 1. The van der Waals surface area contributed by atoms with E-state index in [0.29, 0.717) is 12.3 Å². The van der Waals surface area contributed by atoms with Crippen LogP contribution < -0.4 is 5.32 Å². The Balaban J connectivity index is 1.88. The zero-order valence-corrected chi connectivity index (χ0v) is 11.7. The fourth-order valence-corrected chi connectivity index (χ4v) is 2.18. The van der Waals surface area contributed by atoms with Crippen molar-refractivity contribution in [1.29, 1.82) is 0 Å². The van der Waals surface area contributed by atoms with Crippen LogP contribution in [-0.2, 0) is 0 Å². The van der Waals surface area contributed by atoms with Crippen LogP contribution in [0.2, 0.25) is 0 Å². The highest BCUT2D eigenvalue weighted by atomic mass is 79.9. The number of halogens is 1. The van der Waals surface area contributed by atoms with Crippen molar-refractivity contribution in [2.75, 3.05) is 11.9 Å². The first-order valence-corrected chi connectivity index (χ1v) is 7.26. The number of hydrogen-bond acceptors (Lipinski definition) is 2. The number of carbonyl (C=O) groups is 1. The number of unbranched alkanes of at least 4 members (excludes halogenated alkanes) is 2. The lowest BCUT2D eigenvalue weighted by Crippen LogP contribution is -2.23. The van der Waals surface area contributed by atoms with Gasteiger partial charge in [-0.25, -0.2) is 0 Å². The minimum atomic E-state index is -0.134. The minimum Gasteiger partial charge on any atom is -0.451 e. The zero-order chi connectivity index (χ0) is 12.8. The van der Waals surface area contributed by atoms with Crippen molar-refractivity contribution in [3.63, 3.8) is 0 Å². The van der Waals surface area contributed by atoms with Crippen molar-refractivity contribution >= 4 is 32.8 Å². The fourth-order valence-electron chi connectivity index (χ4n) is 1.78. The third-order valence-electron chi connectivity index (χ3n) is 2.75. The Morgan fingerprint density at radius 2 is 2.06 bits per heavy atom. The number of fused-ring (bicyclic) bond motifs is 1. The molecule has 0 fully saturated rings. The van der Waals surface area contributed by atoms with Crippen molar-refractivity contribution in [2.45, 2.75) is 19.3 Å². The summed E-state index contributed by atoms with van der Waals surface area (Å²) in [6.07, 6.45) is 3.25. The van der Waals surface area contributed by atoms with E-state index in [2.05, 4.69) is 21.2 Å². The van der Waals surface area contributed by atoms with Crippen LogP contribution >= 0.6 is 15.9 Å². The van der Waals surface area contributed by atoms with Crippen LogP contribution in [0.3, 0.4) is 0 Å². The second-order valence-electron chi connectivity index (χ2n) is 4.15. The number of furan rings is 1. The maximum atomic E-state index is 11.8. The van der Waals surface area contributed by atoms with Gasteiger partial charge in [-0.15, -0.1) is 0 Å². The van der Waals surface area contributed by atoms with Crippen LogP contribution in [0, 0.1) is 0 Å². The molecule has 0 saturated carbocycles. The van der Waals surface area contributed by atoms with Gasteiger partial charge in [0.05, 0.1) is 0 Å². The van der Waals surface area contributed by atoms with Gasteiger partial charge in [-0.05, 0) is 25.0 Å². The molecule has 1 aromatic carbocycles. The van der Waals surface area contributed by atoms with Crippen molar-refractivity contribution < 1.29 is 9.21 Å². The molecule has 3 nitrogen and oxygen atoms in total. The van der Waals surface area contributed by atoms with Crippen LogP contribution in [0.4, 0.5) is 0 Å². The molecule has 1 amide bonds. The summed E-state index contributed by atoms with van der Waals surface area (Å²) in [6, 6.07) is 9.41. The number of amides is 1. The SMILES string of the molecule is O=C(NCCCCCBr)c1cc2ccccc2o1. The van der Waals surface area contributed by atoms with Gasteiger partial charge in [-0.2, -0.15) is 0 Å². The van der Waals surface area contributed by atoms with Gasteiger partial charge in [-0.1, -0.05) is 40.5 Å². The highest BCUT2D eigenvalue weighted by molar-refractivity contribution is 9.09. The molecule has 2 rings (SSSR count). The smallest absolute Gasteiger partial charge is 0.287 e. The molecule has 0 radical (unpaired) electrons. The number of alkyl halides is 1. The summed E-state index contributed by atoms with van der Waals surface area (Å²) in [6.45, 7) is 0.697. The van der Waals surface area contributed by atoms with E-state index >= 15 is 0 Å². The molecule has 0 bridgehead atoms. The molecule has 0 saturated heterocycles. The predicted molar refractivity (Wildman–Crippen MR) is 76.2 cm³/mol. The first-order chi connectivity index (χ1) is 8.81. The Labute approximate surface area is 115 Å². The molecule has 0 aliphatic carbocycles. The maximum Gasteiger partial charge on any atom is 0.287 e. The van der Waals surface area contributed by atoms with Gasteiger partial charge in [-0.3, -0.25) is 4.79 Å². The van der Waals surface area contributed by atoms with E-state index in [0.717, 1.165) is 35.6 Å². The molecule has 0 unspecified atom stereocenters. The van der Waals surface area contributed by atoms with Gasteiger partial charge in [0.1, 0.15) is 5.58 Å². The quantitative estimate of drug-likeness (QED) is 0.652. The molecule has 2 aromatic rings. The Morgan fingerprint density at radius 1 is 1.22 bits per heavy atom. The Hall–Kier alpha value is -1.29. The van der Waals surface area contributed by atoms with Crippen LogP contribution in [0.1, 0.15) is 29.8 Å². The molecule has 0 spiro atoms. The van der Waals surface area contributed by atoms with Crippen molar-refractivity contribution in [3.05, 3.63) is 36.1 Å². The molecular formula is C14H16BrNO2. The summed E-state index contributed by atoms with van der Waals surface area (Å²) in [5.74, 6) is 0.252. The molecule has 1 aromatic heterocycles. The Kier molecular flexibility index (Phi) is 4.81. The van der Waals surface area contributed by atoms with E-state index < -0.39 is 0 Å². The minimum absolute atomic E-state index is 0.134. The molecule has 96 valence electrons. The first-order valence-electron chi connectivity index (χ1n) is 6.14. The number of nitrogens with one attached hydrogen (secondary N) is 1. The molecule has 18 heavy (non-hydrogen) atoms. The summed E-state index contributed by atoms with van der Waals surface area (Å²) < 4.78 is 5.49. The first kappa shape index (κ1) is 13.1. The van der Waals surface area contributed by atoms with Crippen LogP contribution in [0.25, 0.3) is 11.0 Å². The maximum absolute atomic E-state index is 11.8. The summed E-state index contributed by atoms with van der Waals surface area (Å²) in [7, 11) is 0. The molecule has 0 aliphatic rings. The summed E-state index contributed by atoms with van der Waals surface area (Å²) in [4.78, 5) is 11.8. The lowest BCUT2D eigenvalue weighted by molar-refractivity contribution is 0.0927. The zero-order valence-electron chi connectivity index (χ0n) is 10.1. The third kappa shape index (κ3) is 3.35. The lowest BCUT2D eigenvalue weighted by Gasteiger charge is -2.01. The normalized spacial score (nSPS) is 10.7. The van der Waals surface area contributed by atoms with Crippen LogP contribution in [0.5, 0.6) is 0 Å². The molecule has 1 N–H and O–H groups in total. The number of para-hydroxylation sites is 1. The van der Waals surface area contributed by atoms with Crippen molar-refractivity contribution in [1.82, 2.24) is 5.32 Å². The molecule has 4 heteroatoms. The van der Waals surface area contributed by atoms with E-state index in [1.165, 1.54) is 0 Å². The van der Waals surface area contributed by atoms with Crippen molar-refractivity contribution in [2.24, 2.45) is 0 Å². The van der Waals surface area contributed by atoms with E-state index in [-0.39, 0.29) is 5.91 Å². The van der Waals surface area contributed by atoms with E-state index in [1.807, 2.05) is 24.3 Å². The van der Waals surface area contributed by atoms with E-state index in [1.54, 1.807) is 6.07 Å². The summed E-state index contributed by atoms with van der Waals surface area (Å²) in [5, 5.41) is 4.85. The average molecular weight is 310 g/mol. The van der Waals surface area contributed by atoms with E-state index in [9.17, 15) is 4.79 Å². The van der Waals surface area contributed by atoms with Gasteiger partial charge in [0, 0.05) is 17.3 Å². The van der Waals surface area contributed by atoms with Gasteiger partial charge in [0.15, 0.2) is 5.76 Å². The topological polar surface area (TPSA) is 42.2 Å². The van der Waals surface area contributed by atoms with Gasteiger partial charge >= 0.3 is 0 Å². The second kappa shape index (κ2) is 6.59. The highest BCUT2D eigenvalue weighted by Crippen LogP contribution is 2.18. The standard InChI is InChI=1S/C14H16BrNO2/c15-8-4-1-5-9-16-14(17)13-10-11-6-2-3-7-12(11)18-13/h2-3,6-7,10H,1,4-5,8-9H2,(H,16,17). The lowest BCUT2D eigenvalue weighted by atomic mass is 10.2. The molecule has 1 heterocycles. The highest BCUT2D eigenvalue weighted by Gasteiger charge is 2.10. The second-order valence-corrected chi connectivity index (χ2v) is 4.95. The number of rotatable bonds is 6.